The Hall–Kier alpha value is -2.54. The van der Waals surface area contributed by atoms with Gasteiger partial charge >= 0.3 is 0 Å². The van der Waals surface area contributed by atoms with Crippen LogP contribution < -0.4 is 10.1 Å². The quantitative estimate of drug-likeness (QED) is 0.912. The number of nitrogens with one attached hydrogen (secondary N) is 1. The Balaban J connectivity index is 1.92. The van der Waals surface area contributed by atoms with Gasteiger partial charge in [-0.25, -0.2) is 4.98 Å². The van der Waals surface area contributed by atoms with Gasteiger partial charge in [0.1, 0.15) is 18.2 Å². The number of pyridine rings is 1. The van der Waals surface area contributed by atoms with Crippen molar-refractivity contribution in [2.24, 2.45) is 0 Å². The number of rotatable bonds is 5. The van der Waals surface area contributed by atoms with E-state index in [1.807, 2.05) is 45.0 Å². The molecular weight excluding hydrogens is 262 g/mol. The molecule has 0 fully saturated rings. The van der Waals surface area contributed by atoms with E-state index in [1.165, 1.54) is 5.56 Å². The maximum Gasteiger partial charge on any atom is 0.127 e. The van der Waals surface area contributed by atoms with Crippen LogP contribution in [-0.2, 0) is 0 Å². The monoisotopic (exact) mass is 281 g/mol. The number of hydrogen-bond acceptors (Lipinski definition) is 4. The largest absolute Gasteiger partial charge is 0.491 e. The standard InChI is InChI=1S/C17H19N3O/c1-12-4-6-16(7-5-12)21-11-14(3)20-17-9-15(10-18)8-13(2)19-17/h4-9,14H,11H2,1-3H3,(H,19,20). The lowest BCUT2D eigenvalue weighted by Gasteiger charge is -2.16. The first-order valence-corrected chi connectivity index (χ1v) is 6.91. The van der Waals surface area contributed by atoms with Crippen molar-refractivity contribution in [3.63, 3.8) is 0 Å². The third-order valence-electron chi connectivity index (χ3n) is 3.00. The molecule has 1 atom stereocenters. The number of anilines is 1. The highest BCUT2D eigenvalue weighted by Gasteiger charge is 2.06. The molecule has 1 N–H and O–H groups in total. The Bertz CT molecular complexity index is 644. The molecule has 1 aromatic heterocycles. The minimum absolute atomic E-state index is 0.0899. The summed E-state index contributed by atoms with van der Waals surface area (Å²) in [6.07, 6.45) is 0. The molecular formula is C17H19N3O. The molecule has 2 rings (SSSR count). The number of aryl methyl sites for hydroxylation is 2. The van der Waals surface area contributed by atoms with Gasteiger partial charge in [-0.2, -0.15) is 5.26 Å². The predicted octanol–water partition coefficient (Wildman–Crippen LogP) is 3.45. The zero-order valence-electron chi connectivity index (χ0n) is 12.6. The van der Waals surface area contributed by atoms with E-state index in [0.717, 1.165) is 11.4 Å². The molecule has 108 valence electrons. The number of nitrogens with zero attached hydrogens (tertiary/aromatic N) is 2. The Kier molecular flexibility index (Phi) is 4.78. The first-order valence-electron chi connectivity index (χ1n) is 6.91. The minimum atomic E-state index is 0.0899. The molecule has 0 aliphatic heterocycles. The molecule has 0 saturated heterocycles. The van der Waals surface area contributed by atoms with Crippen molar-refractivity contribution in [3.8, 4) is 11.8 Å². The molecule has 4 nitrogen and oxygen atoms in total. The third kappa shape index (κ3) is 4.50. The van der Waals surface area contributed by atoms with E-state index in [1.54, 1.807) is 12.1 Å². The Morgan fingerprint density at radius 1 is 1.24 bits per heavy atom. The van der Waals surface area contributed by atoms with Crippen LogP contribution in [0.15, 0.2) is 36.4 Å². The minimum Gasteiger partial charge on any atom is -0.491 e. The van der Waals surface area contributed by atoms with Crippen LogP contribution in [0.1, 0.15) is 23.7 Å². The van der Waals surface area contributed by atoms with Gasteiger partial charge in [-0.15, -0.1) is 0 Å². The van der Waals surface area contributed by atoms with E-state index >= 15 is 0 Å². The molecule has 0 aliphatic rings. The van der Waals surface area contributed by atoms with Crippen molar-refractivity contribution in [1.29, 1.82) is 5.26 Å². The molecule has 0 radical (unpaired) electrons. The fraction of sp³-hybridized carbons (Fsp3) is 0.294. The highest BCUT2D eigenvalue weighted by molar-refractivity contribution is 5.44. The lowest BCUT2D eigenvalue weighted by Crippen LogP contribution is -2.24. The summed E-state index contributed by atoms with van der Waals surface area (Å²) in [7, 11) is 0. The predicted molar refractivity (Wildman–Crippen MR) is 83.4 cm³/mol. The highest BCUT2D eigenvalue weighted by Crippen LogP contribution is 2.13. The summed E-state index contributed by atoms with van der Waals surface area (Å²) in [6, 6.07) is 13.7. The van der Waals surface area contributed by atoms with Crippen molar-refractivity contribution >= 4 is 5.82 Å². The normalized spacial score (nSPS) is 11.5. The van der Waals surface area contributed by atoms with Crippen molar-refractivity contribution < 1.29 is 4.74 Å². The van der Waals surface area contributed by atoms with E-state index in [2.05, 4.69) is 16.4 Å². The molecule has 4 heteroatoms. The maximum absolute atomic E-state index is 8.96. The van der Waals surface area contributed by atoms with Gasteiger partial charge in [-0.05, 0) is 45.0 Å². The molecule has 0 amide bonds. The van der Waals surface area contributed by atoms with Crippen LogP contribution in [0.4, 0.5) is 5.82 Å². The van der Waals surface area contributed by atoms with Gasteiger partial charge in [-0.3, -0.25) is 0 Å². The van der Waals surface area contributed by atoms with Crippen LogP contribution >= 0.6 is 0 Å². The summed E-state index contributed by atoms with van der Waals surface area (Å²) in [5, 5.41) is 12.2. The SMILES string of the molecule is Cc1ccc(OCC(C)Nc2cc(C#N)cc(C)n2)cc1. The van der Waals surface area contributed by atoms with Crippen molar-refractivity contribution in [2.45, 2.75) is 26.8 Å². The summed E-state index contributed by atoms with van der Waals surface area (Å²) < 4.78 is 5.73. The van der Waals surface area contributed by atoms with Gasteiger partial charge in [0.05, 0.1) is 17.7 Å². The van der Waals surface area contributed by atoms with Crippen LogP contribution in [0.5, 0.6) is 5.75 Å². The van der Waals surface area contributed by atoms with E-state index in [4.69, 9.17) is 10.00 Å². The molecule has 21 heavy (non-hydrogen) atoms. The second kappa shape index (κ2) is 6.76. The first-order chi connectivity index (χ1) is 10.1. The van der Waals surface area contributed by atoms with E-state index in [9.17, 15) is 0 Å². The fourth-order valence-electron chi connectivity index (χ4n) is 1.96. The van der Waals surface area contributed by atoms with Crippen LogP contribution in [0, 0.1) is 25.2 Å². The smallest absolute Gasteiger partial charge is 0.127 e. The number of hydrogen-bond donors (Lipinski definition) is 1. The van der Waals surface area contributed by atoms with Gasteiger partial charge < -0.3 is 10.1 Å². The topological polar surface area (TPSA) is 57.9 Å². The van der Waals surface area contributed by atoms with Crippen LogP contribution in [-0.4, -0.2) is 17.6 Å². The summed E-state index contributed by atoms with van der Waals surface area (Å²) in [5.74, 6) is 1.55. The van der Waals surface area contributed by atoms with E-state index in [0.29, 0.717) is 18.0 Å². The Labute approximate surface area is 125 Å². The molecule has 1 heterocycles. The first kappa shape index (κ1) is 14.9. The number of nitriles is 1. The summed E-state index contributed by atoms with van der Waals surface area (Å²) in [6.45, 7) is 6.47. The molecule has 0 aliphatic carbocycles. The van der Waals surface area contributed by atoms with Crippen molar-refractivity contribution in [2.75, 3.05) is 11.9 Å². The van der Waals surface area contributed by atoms with Gasteiger partial charge in [-0.1, -0.05) is 17.7 Å². The van der Waals surface area contributed by atoms with E-state index < -0.39 is 0 Å². The Morgan fingerprint density at radius 2 is 1.95 bits per heavy atom. The Morgan fingerprint density at radius 3 is 2.62 bits per heavy atom. The van der Waals surface area contributed by atoms with Gasteiger partial charge in [0.15, 0.2) is 0 Å². The highest BCUT2D eigenvalue weighted by atomic mass is 16.5. The second-order valence-electron chi connectivity index (χ2n) is 5.16. The number of ether oxygens (including phenoxy) is 1. The molecule has 1 aromatic carbocycles. The average molecular weight is 281 g/mol. The number of benzene rings is 1. The van der Waals surface area contributed by atoms with Crippen LogP contribution in [0.25, 0.3) is 0 Å². The molecule has 0 saturated carbocycles. The zero-order chi connectivity index (χ0) is 15.2. The summed E-state index contributed by atoms with van der Waals surface area (Å²) in [4.78, 5) is 4.37. The average Bonchev–Trinajstić information content (AvgIpc) is 2.46. The third-order valence-corrected chi connectivity index (χ3v) is 3.00. The second-order valence-corrected chi connectivity index (χ2v) is 5.16. The number of aromatic nitrogens is 1. The van der Waals surface area contributed by atoms with E-state index in [-0.39, 0.29) is 6.04 Å². The van der Waals surface area contributed by atoms with Gasteiger partial charge in [0.25, 0.3) is 0 Å². The fourth-order valence-corrected chi connectivity index (χ4v) is 1.96. The van der Waals surface area contributed by atoms with Gasteiger partial charge in [0.2, 0.25) is 0 Å². The molecule has 2 aromatic rings. The lowest BCUT2D eigenvalue weighted by atomic mass is 10.2. The van der Waals surface area contributed by atoms with Crippen molar-refractivity contribution in [1.82, 2.24) is 4.98 Å². The molecule has 1 unspecified atom stereocenters. The van der Waals surface area contributed by atoms with Crippen molar-refractivity contribution in [3.05, 3.63) is 53.2 Å². The van der Waals surface area contributed by atoms with Gasteiger partial charge in [0, 0.05) is 5.69 Å². The van der Waals surface area contributed by atoms with Crippen LogP contribution in [0.2, 0.25) is 0 Å². The lowest BCUT2D eigenvalue weighted by molar-refractivity contribution is 0.303. The summed E-state index contributed by atoms with van der Waals surface area (Å²) in [5.41, 5.74) is 2.64. The summed E-state index contributed by atoms with van der Waals surface area (Å²) >= 11 is 0. The zero-order valence-corrected chi connectivity index (χ0v) is 12.6. The molecule has 0 spiro atoms. The maximum atomic E-state index is 8.96. The van der Waals surface area contributed by atoms with Crippen LogP contribution in [0.3, 0.4) is 0 Å². The molecule has 0 bridgehead atoms.